The first kappa shape index (κ1) is 28.6. The zero-order valence-corrected chi connectivity index (χ0v) is 25.0. The van der Waals surface area contributed by atoms with Crippen LogP contribution in [0.15, 0.2) is 0 Å². The molecule has 0 amide bonds. The second kappa shape index (κ2) is 10.7. The van der Waals surface area contributed by atoms with Crippen LogP contribution in [0, 0.1) is 0 Å². The Morgan fingerprint density at radius 3 is 2.11 bits per heavy atom. The van der Waals surface area contributed by atoms with Crippen LogP contribution < -0.4 is 0 Å². The largest absolute Gasteiger partial charge is 0.416 e. The SMILES string of the molecule is CC(C)[Si](OCC[C@@H]1O[C@@H]2C[C@@H]3O[C@@H]4COC(C)(C)O[C@H]4CC[C@H]3O[C@@]2(C)CC1=O)(C(C)C)C(C)C. The highest BCUT2D eigenvalue weighted by Crippen LogP contribution is 2.45. The summed E-state index contributed by atoms with van der Waals surface area (Å²) >= 11 is 0. The summed E-state index contributed by atoms with van der Waals surface area (Å²) in [4.78, 5) is 13.2. The molecule has 0 radical (unpaired) electrons. The van der Waals surface area contributed by atoms with E-state index in [1.54, 1.807) is 0 Å². The molecule has 4 aliphatic rings. The van der Waals surface area contributed by atoms with Crippen molar-refractivity contribution in [2.75, 3.05) is 13.2 Å². The van der Waals surface area contributed by atoms with Crippen molar-refractivity contribution in [3.05, 3.63) is 0 Å². The van der Waals surface area contributed by atoms with Crippen molar-refractivity contribution in [1.82, 2.24) is 0 Å². The molecule has 0 aliphatic carbocycles. The first-order valence-electron chi connectivity index (χ1n) is 14.2. The lowest BCUT2D eigenvalue weighted by Gasteiger charge is -2.51. The number of ketones is 1. The van der Waals surface area contributed by atoms with Gasteiger partial charge in [-0.3, -0.25) is 4.79 Å². The first-order chi connectivity index (χ1) is 16.8. The van der Waals surface area contributed by atoms with Gasteiger partial charge in [0.05, 0.1) is 36.6 Å². The summed E-state index contributed by atoms with van der Waals surface area (Å²) in [6, 6.07) is 0. The van der Waals surface area contributed by atoms with Crippen LogP contribution in [0.2, 0.25) is 16.6 Å². The summed E-state index contributed by atoms with van der Waals surface area (Å²) in [7, 11) is -1.97. The minimum absolute atomic E-state index is 0.00228. The summed E-state index contributed by atoms with van der Waals surface area (Å²) in [5.74, 6) is -0.462. The number of hydrogen-bond acceptors (Lipinski definition) is 7. The molecule has 0 spiro atoms. The molecule has 208 valence electrons. The molecule has 0 aromatic heterocycles. The van der Waals surface area contributed by atoms with Gasteiger partial charge in [0, 0.05) is 25.9 Å². The lowest BCUT2D eigenvalue weighted by atomic mass is 9.80. The predicted octanol–water partition coefficient (Wildman–Crippen LogP) is 5.54. The van der Waals surface area contributed by atoms with E-state index in [9.17, 15) is 4.79 Å². The van der Waals surface area contributed by atoms with Crippen molar-refractivity contribution in [3.63, 3.8) is 0 Å². The Hall–Kier alpha value is -0.353. The van der Waals surface area contributed by atoms with Crippen LogP contribution in [0.25, 0.3) is 0 Å². The third-order valence-electron chi connectivity index (χ3n) is 9.15. The average molecular weight is 527 g/mol. The van der Waals surface area contributed by atoms with E-state index in [-0.39, 0.29) is 36.3 Å². The Labute approximate surface area is 219 Å². The fraction of sp³-hybridized carbons (Fsp3) is 0.964. The molecule has 4 fully saturated rings. The van der Waals surface area contributed by atoms with Crippen molar-refractivity contribution in [3.8, 4) is 0 Å². The molecule has 0 aromatic rings. The zero-order chi connectivity index (χ0) is 26.5. The Morgan fingerprint density at radius 1 is 0.889 bits per heavy atom. The second-order valence-corrected chi connectivity index (χ2v) is 18.5. The van der Waals surface area contributed by atoms with E-state index in [1.807, 2.05) is 20.8 Å². The average Bonchev–Trinajstić information content (AvgIpc) is 2.92. The summed E-state index contributed by atoms with van der Waals surface area (Å²) in [6.07, 6.45) is 2.55. The Kier molecular flexibility index (Phi) is 8.49. The van der Waals surface area contributed by atoms with Gasteiger partial charge in [0.25, 0.3) is 0 Å². The van der Waals surface area contributed by atoms with Gasteiger partial charge in [-0.25, -0.2) is 0 Å². The van der Waals surface area contributed by atoms with Crippen LogP contribution in [-0.2, 0) is 32.9 Å². The van der Waals surface area contributed by atoms with E-state index in [0.29, 0.717) is 42.7 Å². The molecule has 4 aliphatic heterocycles. The van der Waals surface area contributed by atoms with E-state index in [2.05, 4.69) is 41.5 Å². The number of ether oxygens (including phenoxy) is 5. The molecule has 4 saturated heterocycles. The minimum atomic E-state index is -1.97. The van der Waals surface area contributed by atoms with E-state index in [4.69, 9.17) is 28.1 Å². The van der Waals surface area contributed by atoms with E-state index < -0.39 is 25.8 Å². The molecule has 7 nitrogen and oxygen atoms in total. The number of hydrogen-bond donors (Lipinski definition) is 0. The number of carbonyl (C=O) groups excluding carboxylic acids is 1. The van der Waals surface area contributed by atoms with Crippen molar-refractivity contribution in [1.29, 1.82) is 0 Å². The third kappa shape index (κ3) is 5.51. The fourth-order valence-corrected chi connectivity index (χ4v) is 12.9. The maximum absolute atomic E-state index is 13.2. The molecule has 4 heterocycles. The Bertz CT molecular complexity index is 762. The molecule has 4 rings (SSSR count). The van der Waals surface area contributed by atoms with Crippen LogP contribution in [0.5, 0.6) is 0 Å². The first-order valence-corrected chi connectivity index (χ1v) is 16.4. The van der Waals surface area contributed by atoms with E-state index in [1.165, 1.54) is 0 Å². The van der Waals surface area contributed by atoms with Crippen LogP contribution >= 0.6 is 0 Å². The molecule has 7 atom stereocenters. The molecule has 0 saturated carbocycles. The standard InChI is InChI=1S/C28H50O7Si/c1-17(2)36(18(3)4,19(5)6)31-13-12-21-20(29)15-28(9)26(33-21)14-24-22(35-28)10-11-23-25(32-24)16-30-27(7,8)34-23/h17-19,21-26H,10-16H2,1-9H3/t21-,22+,23-,24-,25+,26+,28-/m0/s1. The van der Waals surface area contributed by atoms with Gasteiger partial charge in [0.1, 0.15) is 12.2 Å². The quantitative estimate of drug-likeness (QED) is 0.403. The minimum Gasteiger partial charge on any atom is -0.416 e. The summed E-state index contributed by atoms with van der Waals surface area (Å²) in [5, 5.41) is 0. The number of Topliss-reactive ketones (excluding diaryl/α,β-unsaturated/α-hetero) is 1. The topological polar surface area (TPSA) is 72.5 Å². The van der Waals surface area contributed by atoms with Crippen LogP contribution in [0.1, 0.15) is 94.4 Å². The number of carbonyl (C=O) groups is 1. The van der Waals surface area contributed by atoms with Gasteiger partial charge in [0.15, 0.2) is 19.9 Å². The highest BCUT2D eigenvalue weighted by Gasteiger charge is 2.55. The van der Waals surface area contributed by atoms with Gasteiger partial charge in [-0.05, 0) is 50.2 Å². The third-order valence-corrected chi connectivity index (χ3v) is 15.3. The lowest BCUT2D eigenvalue weighted by Crippen LogP contribution is -2.62. The van der Waals surface area contributed by atoms with Gasteiger partial charge in [-0.15, -0.1) is 0 Å². The molecule has 0 unspecified atom stereocenters. The molecular formula is C28H50O7Si. The molecule has 0 N–H and O–H groups in total. The molecule has 0 bridgehead atoms. The van der Waals surface area contributed by atoms with Gasteiger partial charge in [-0.2, -0.15) is 0 Å². The summed E-state index contributed by atoms with van der Waals surface area (Å²) < 4.78 is 38.4. The lowest BCUT2D eigenvalue weighted by molar-refractivity contribution is -0.320. The molecule has 0 aromatic carbocycles. The van der Waals surface area contributed by atoms with Crippen molar-refractivity contribution in [2.24, 2.45) is 0 Å². The van der Waals surface area contributed by atoms with Gasteiger partial charge < -0.3 is 28.1 Å². The zero-order valence-electron chi connectivity index (χ0n) is 24.0. The van der Waals surface area contributed by atoms with Crippen molar-refractivity contribution < 1.29 is 32.9 Å². The maximum atomic E-state index is 13.2. The normalized spacial score (nSPS) is 39.1. The highest BCUT2D eigenvalue weighted by atomic mass is 28.4. The predicted molar refractivity (Wildman–Crippen MR) is 141 cm³/mol. The van der Waals surface area contributed by atoms with Gasteiger partial charge in [-0.1, -0.05) is 41.5 Å². The second-order valence-electron chi connectivity index (χ2n) is 13.1. The van der Waals surface area contributed by atoms with Crippen molar-refractivity contribution in [2.45, 2.75) is 159 Å². The fourth-order valence-electron chi connectivity index (χ4n) is 7.45. The molecular weight excluding hydrogens is 476 g/mol. The van der Waals surface area contributed by atoms with E-state index >= 15 is 0 Å². The van der Waals surface area contributed by atoms with Gasteiger partial charge in [0.2, 0.25) is 0 Å². The van der Waals surface area contributed by atoms with Crippen LogP contribution in [0.3, 0.4) is 0 Å². The Balaban J connectivity index is 1.40. The number of rotatable bonds is 7. The molecule has 36 heavy (non-hydrogen) atoms. The van der Waals surface area contributed by atoms with Gasteiger partial charge >= 0.3 is 0 Å². The van der Waals surface area contributed by atoms with E-state index in [0.717, 1.165) is 19.3 Å². The summed E-state index contributed by atoms with van der Waals surface area (Å²) in [5.41, 5.74) is 0.933. The Morgan fingerprint density at radius 2 is 1.50 bits per heavy atom. The smallest absolute Gasteiger partial charge is 0.200 e. The summed E-state index contributed by atoms with van der Waals surface area (Å²) in [6.45, 7) is 20.8. The van der Waals surface area contributed by atoms with Crippen LogP contribution in [-0.4, -0.2) is 75.3 Å². The monoisotopic (exact) mass is 526 g/mol. The highest BCUT2D eigenvalue weighted by molar-refractivity contribution is 6.77. The van der Waals surface area contributed by atoms with Crippen molar-refractivity contribution >= 4 is 14.1 Å². The maximum Gasteiger partial charge on any atom is 0.200 e. The number of fused-ring (bicyclic) bond motifs is 3. The van der Waals surface area contributed by atoms with Crippen LogP contribution in [0.4, 0.5) is 0 Å². The molecule has 8 heteroatoms.